The Bertz CT molecular complexity index is 2230. The molecule has 0 aliphatic rings. The third kappa shape index (κ3) is 6.47. The van der Waals surface area contributed by atoms with E-state index in [9.17, 15) is 33.8 Å². The molecule has 47 heavy (non-hydrogen) atoms. The monoisotopic (exact) mass is 716 g/mol. The number of aliphatic carboxylic acids is 2. The standard InChI is InChI=1S/C16H11ClFNO4S.C16H12ClNO4S/c1-7-9(4-15(21)22)10-3-13(20)11(17)5-12(10)19(7)16(23)8-2-14(18)24-6-8;1-8-10(5-15(20)21)11-4-14(19)12(17)6-13(11)18(8)16(22)9-2-3-23-7-9/h2-3,5-6,20H,4H2,1H3,(H,21,22);2-4,6-7,19H,5H2,1H3,(H,20,21). The summed E-state index contributed by atoms with van der Waals surface area (Å²) in [6.45, 7) is 3.29. The second-order valence-corrected chi connectivity index (χ2v) is 12.8. The molecule has 0 saturated carbocycles. The van der Waals surface area contributed by atoms with E-state index in [-0.39, 0.29) is 45.9 Å². The fourth-order valence-corrected chi connectivity index (χ4v) is 6.86. The minimum Gasteiger partial charge on any atom is -0.506 e. The highest BCUT2D eigenvalue weighted by molar-refractivity contribution is 7.08. The molecule has 0 unspecified atom stereocenters. The van der Waals surface area contributed by atoms with Crippen LogP contribution in [-0.2, 0) is 22.4 Å². The van der Waals surface area contributed by atoms with Crippen LogP contribution in [0.15, 0.2) is 52.5 Å². The summed E-state index contributed by atoms with van der Waals surface area (Å²) >= 11 is 14.1. The Kier molecular flexibility index (Phi) is 9.46. The predicted molar refractivity (Wildman–Crippen MR) is 177 cm³/mol. The molecule has 0 spiro atoms. The van der Waals surface area contributed by atoms with Gasteiger partial charge in [-0.25, -0.2) is 0 Å². The van der Waals surface area contributed by atoms with E-state index in [4.69, 9.17) is 33.4 Å². The number of carboxylic acids is 2. The molecule has 4 N–H and O–H groups in total. The first kappa shape index (κ1) is 33.7. The molecular formula is C32H23Cl2FN2O8S2. The summed E-state index contributed by atoms with van der Waals surface area (Å²) in [6.07, 6.45) is -0.561. The molecule has 6 aromatic rings. The molecule has 0 atom stereocenters. The molecular weight excluding hydrogens is 694 g/mol. The van der Waals surface area contributed by atoms with Crippen molar-refractivity contribution in [1.29, 1.82) is 0 Å². The van der Waals surface area contributed by atoms with Crippen LogP contribution in [0.25, 0.3) is 21.8 Å². The van der Waals surface area contributed by atoms with Gasteiger partial charge in [0.25, 0.3) is 11.8 Å². The average Bonchev–Trinajstić information content (AvgIpc) is 3.78. The highest BCUT2D eigenvalue weighted by atomic mass is 35.5. The van der Waals surface area contributed by atoms with Gasteiger partial charge >= 0.3 is 11.9 Å². The lowest BCUT2D eigenvalue weighted by Crippen LogP contribution is -2.13. The van der Waals surface area contributed by atoms with Gasteiger partial charge in [-0.1, -0.05) is 23.2 Å². The van der Waals surface area contributed by atoms with Crippen molar-refractivity contribution < 1.29 is 44.0 Å². The molecule has 0 bridgehead atoms. The molecule has 0 amide bonds. The molecule has 6 rings (SSSR count). The van der Waals surface area contributed by atoms with Crippen LogP contribution in [0.5, 0.6) is 11.5 Å². The van der Waals surface area contributed by atoms with Crippen molar-refractivity contribution in [1.82, 2.24) is 9.13 Å². The number of rotatable bonds is 6. The summed E-state index contributed by atoms with van der Waals surface area (Å²) in [5.41, 5.74) is 3.34. The van der Waals surface area contributed by atoms with Crippen LogP contribution in [-0.4, -0.2) is 53.3 Å². The van der Waals surface area contributed by atoms with Gasteiger partial charge in [0, 0.05) is 32.9 Å². The number of fused-ring (bicyclic) bond motifs is 2. The van der Waals surface area contributed by atoms with Gasteiger partial charge in [-0.2, -0.15) is 15.7 Å². The first-order valence-corrected chi connectivity index (χ1v) is 16.1. The zero-order valence-corrected chi connectivity index (χ0v) is 27.5. The van der Waals surface area contributed by atoms with Gasteiger partial charge in [0.2, 0.25) is 0 Å². The van der Waals surface area contributed by atoms with Crippen molar-refractivity contribution in [2.75, 3.05) is 0 Å². The maximum atomic E-state index is 13.2. The van der Waals surface area contributed by atoms with E-state index in [1.807, 2.05) is 0 Å². The largest absolute Gasteiger partial charge is 0.506 e. The third-order valence-electron chi connectivity index (χ3n) is 7.45. The summed E-state index contributed by atoms with van der Waals surface area (Å²) in [5, 5.41) is 43.4. The van der Waals surface area contributed by atoms with E-state index in [1.165, 1.54) is 50.1 Å². The fraction of sp³-hybridized carbons (Fsp3) is 0.125. The van der Waals surface area contributed by atoms with Crippen LogP contribution in [0.4, 0.5) is 4.39 Å². The number of aromatic nitrogens is 2. The normalized spacial score (nSPS) is 11.1. The number of benzene rings is 2. The topological polar surface area (TPSA) is 159 Å². The minimum absolute atomic E-state index is 0.0347. The summed E-state index contributed by atoms with van der Waals surface area (Å²) in [5.74, 6) is -3.18. The highest BCUT2D eigenvalue weighted by Crippen LogP contribution is 2.36. The van der Waals surface area contributed by atoms with Gasteiger partial charge in [-0.15, -0.1) is 11.3 Å². The molecule has 4 aromatic heterocycles. The second kappa shape index (κ2) is 13.2. The van der Waals surface area contributed by atoms with E-state index < -0.39 is 23.0 Å². The lowest BCUT2D eigenvalue weighted by Gasteiger charge is -2.06. The number of hydrogen-bond donors (Lipinski definition) is 4. The Morgan fingerprint density at radius 3 is 1.60 bits per heavy atom. The summed E-state index contributed by atoms with van der Waals surface area (Å²) in [4.78, 5) is 47.8. The molecule has 10 nitrogen and oxygen atoms in total. The summed E-state index contributed by atoms with van der Waals surface area (Å²) in [7, 11) is 0. The molecule has 0 saturated heterocycles. The van der Waals surface area contributed by atoms with E-state index in [2.05, 4.69) is 0 Å². The Morgan fingerprint density at radius 2 is 1.21 bits per heavy atom. The van der Waals surface area contributed by atoms with Crippen molar-refractivity contribution in [2.45, 2.75) is 26.7 Å². The van der Waals surface area contributed by atoms with E-state index in [0.29, 0.717) is 49.9 Å². The Morgan fingerprint density at radius 1 is 0.745 bits per heavy atom. The number of nitrogens with zero attached hydrogens (tertiary/aromatic N) is 2. The molecule has 4 heterocycles. The zero-order valence-electron chi connectivity index (χ0n) is 24.4. The number of carbonyl (C=O) groups excluding carboxylic acids is 2. The van der Waals surface area contributed by atoms with Gasteiger partial charge < -0.3 is 20.4 Å². The molecule has 15 heteroatoms. The van der Waals surface area contributed by atoms with Crippen LogP contribution in [0.2, 0.25) is 10.0 Å². The summed E-state index contributed by atoms with van der Waals surface area (Å²) < 4.78 is 16.0. The fourth-order valence-electron chi connectivity index (χ4n) is 5.32. The first-order chi connectivity index (χ1) is 22.2. The van der Waals surface area contributed by atoms with Crippen LogP contribution in [0.3, 0.4) is 0 Å². The number of phenolic OH excluding ortho intramolecular Hbond substituents is 2. The van der Waals surface area contributed by atoms with Crippen molar-refractivity contribution in [3.05, 3.63) is 101 Å². The number of thiophene rings is 2. The minimum atomic E-state index is -1.07. The zero-order chi connectivity index (χ0) is 34.3. The number of phenols is 2. The number of hydrogen-bond acceptors (Lipinski definition) is 8. The van der Waals surface area contributed by atoms with Crippen molar-refractivity contribution in [2.24, 2.45) is 0 Å². The average molecular weight is 718 g/mol. The van der Waals surface area contributed by atoms with Crippen LogP contribution in [0, 0.1) is 19.0 Å². The van der Waals surface area contributed by atoms with Crippen LogP contribution in [0.1, 0.15) is 43.2 Å². The third-order valence-corrected chi connectivity index (χ3v) is 9.45. The SMILES string of the molecule is Cc1c(CC(=O)O)c2cc(O)c(Cl)cc2n1C(=O)c1ccsc1.Cc1c(CC(=O)O)c2cc(O)c(Cl)cc2n1C(=O)c1csc(F)c1. The number of carbonyl (C=O) groups is 4. The van der Waals surface area contributed by atoms with Gasteiger partial charge in [0.05, 0.1) is 45.0 Å². The molecule has 2 aromatic carbocycles. The molecule has 0 aliphatic heterocycles. The summed E-state index contributed by atoms with van der Waals surface area (Å²) in [6, 6.07) is 8.44. The Hall–Kier alpha value is -4.69. The lowest BCUT2D eigenvalue weighted by atomic mass is 10.1. The maximum Gasteiger partial charge on any atom is 0.307 e. The van der Waals surface area contributed by atoms with Crippen LogP contribution >= 0.6 is 45.9 Å². The van der Waals surface area contributed by atoms with Gasteiger partial charge in [0.15, 0.2) is 5.13 Å². The molecule has 0 radical (unpaired) electrons. The van der Waals surface area contributed by atoms with Crippen LogP contribution < -0.4 is 0 Å². The van der Waals surface area contributed by atoms with Crippen molar-refractivity contribution in [3.8, 4) is 11.5 Å². The highest BCUT2D eigenvalue weighted by Gasteiger charge is 2.24. The van der Waals surface area contributed by atoms with Crippen molar-refractivity contribution >= 4 is 91.4 Å². The molecule has 0 aliphatic carbocycles. The maximum absolute atomic E-state index is 13.2. The van der Waals surface area contributed by atoms with Gasteiger partial charge in [0.1, 0.15) is 11.5 Å². The number of carboxylic acid groups (broad SMARTS) is 2. The Labute approximate surface area is 283 Å². The van der Waals surface area contributed by atoms with Gasteiger partial charge in [-0.05, 0) is 66.8 Å². The first-order valence-electron chi connectivity index (χ1n) is 13.5. The van der Waals surface area contributed by atoms with Crippen molar-refractivity contribution in [3.63, 3.8) is 0 Å². The molecule has 0 fully saturated rings. The quantitative estimate of drug-likeness (QED) is 0.138. The number of aromatic hydroxyl groups is 2. The predicted octanol–water partition coefficient (Wildman–Crippen LogP) is 7.51. The smallest absolute Gasteiger partial charge is 0.307 e. The lowest BCUT2D eigenvalue weighted by molar-refractivity contribution is -0.137. The molecule has 242 valence electrons. The van der Waals surface area contributed by atoms with Gasteiger partial charge in [-0.3, -0.25) is 28.3 Å². The van der Waals surface area contributed by atoms with E-state index in [1.54, 1.807) is 30.7 Å². The van der Waals surface area contributed by atoms with E-state index >= 15 is 0 Å². The second-order valence-electron chi connectivity index (χ2n) is 10.3. The van der Waals surface area contributed by atoms with E-state index in [0.717, 1.165) is 17.4 Å². The Balaban J connectivity index is 0.000000185. The number of halogens is 3.